The van der Waals surface area contributed by atoms with Crippen molar-refractivity contribution in [2.24, 2.45) is 0 Å². The van der Waals surface area contributed by atoms with Crippen LogP contribution in [0.3, 0.4) is 0 Å². The van der Waals surface area contributed by atoms with Crippen LogP contribution in [-0.2, 0) is 0 Å². The first kappa shape index (κ1) is 15.3. The number of carbonyl (C=O) groups excluding carboxylic acids is 1. The molecular weight excluding hydrogens is 320 g/mol. The smallest absolute Gasteiger partial charge is 0.318 e. The predicted molar refractivity (Wildman–Crippen MR) is 82.5 cm³/mol. The van der Waals surface area contributed by atoms with Gasteiger partial charge in [0, 0.05) is 11.0 Å². The van der Waals surface area contributed by atoms with Crippen LogP contribution in [-0.4, -0.2) is 35.2 Å². The number of urea groups is 1. The molecule has 2 N–H and O–H groups in total. The van der Waals surface area contributed by atoms with E-state index in [1.807, 2.05) is 24.3 Å². The van der Waals surface area contributed by atoms with E-state index in [1.165, 1.54) is 0 Å². The Balaban J connectivity index is 2.07. The van der Waals surface area contributed by atoms with E-state index in [0.29, 0.717) is 0 Å². The lowest BCUT2D eigenvalue weighted by atomic mass is 10.0. The number of hydrogen-bond donors (Lipinski definition) is 2. The molecule has 4 nitrogen and oxygen atoms in total. The monoisotopic (exact) mass is 340 g/mol. The number of aliphatic hydroxyl groups is 1. The van der Waals surface area contributed by atoms with Gasteiger partial charge in [0.2, 0.25) is 0 Å². The Hall–Kier alpha value is -1.07. The lowest BCUT2D eigenvalue weighted by Crippen LogP contribution is -2.45. The molecule has 1 unspecified atom stereocenters. The van der Waals surface area contributed by atoms with Gasteiger partial charge in [0.25, 0.3) is 0 Å². The van der Waals surface area contributed by atoms with E-state index >= 15 is 0 Å². The average molecular weight is 341 g/mol. The summed E-state index contributed by atoms with van der Waals surface area (Å²) in [7, 11) is 0. The maximum absolute atomic E-state index is 12.4. The summed E-state index contributed by atoms with van der Waals surface area (Å²) in [5, 5.41) is 12.4. The molecule has 0 spiro atoms. The third-order valence-electron chi connectivity index (χ3n) is 3.84. The number of amides is 2. The van der Waals surface area contributed by atoms with E-state index in [9.17, 15) is 9.90 Å². The minimum atomic E-state index is -0.0795. The summed E-state index contributed by atoms with van der Waals surface area (Å²) in [6.45, 7) is 2.82. The van der Waals surface area contributed by atoms with E-state index in [-0.39, 0.29) is 24.7 Å². The highest BCUT2D eigenvalue weighted by molar-refractivity contribution is 9.10. The van der Waals surface area contributed by atoms with Crippen molar-refractivity contribution >= 4 is 22.0 Å². The van der Waals surface area contributed by atoms with Gasteiger partial charge in [-0.2, -0.15) is 0 Å². The zero-order valence-corrected chi connectivity index (χ0v) is 13.3. The molecule has 1 heterocycles. The van der Waals surface area contributed by atoms with Crippen LogP contribution in [0.15, 0.2) is 28.7 Å². The Morgan fingerprint density at radius 3 is 2.95 bits per heavy atom. The van der Waals surface area contributed by atoms with Crippen molar-refractivity contribution in [3.63, 3.8) is 0 Å². The van der Waals surface area contributed by atoms with Crippen LogP contribution < -0.4 is 5.32 Å². The number of halogens is 1. The van der Waals surface area contributed by atoms with Crippen LogP contribution >= 0.6 is 15.9 Å². The Bertz CT molecular complexity index is 467. The summed E-state index contributed by atoms with van der Waals surface area (Å²) in [4.78, 5) is 14.1. The maximum Gasteiger partial charge on any atom is 0.318 e. The van der Waals surface area contributed by atoms with Gasteiger partial charge in [0.1, 0.15) is 0 Å². The molecular formula is C15H21BrN2O2. The van der Waals surface area contributed by atoms with Crippen LogP contribution in [0.1, 0.15) is 37.8 Å². The number of nitrogens with one attached hydrogen (secondary N) is 1. The highest BCUT2D eigenvalue weighted by atomic mass is 79.9. The average Bonchev–Trinajstić information content (AvgIpc) is 2.94. The largest absolute Gasteiger partial charge is 0.394 e. The minimum absolute atomic E-state index is 0.0157. The fourth-order valence-corrected chi connectivity index (χ4v) is 3.24. The first-order valence-corrected chi connectivity index (χ1v) is 7.89. The van der Waals surface area contributed by atoms with Crippen molar-refractivity contribution in [1.82, 2.24) is 10.2 Å². The molecule has 1 aliphatic heterocycles. The molecule has 0 radical (unpaired) electrons. The van der Waals surface area contributed by atoms with Crippen LogP contribution in [0.4, 0.5) is 4.79 Å². The molecule has 0 aliphatic carbocycles. The molecule has 20 heavy (non-hydrogen) atoms. The maximum atomic E-state index is 12.4. The highest BCUT2D eigenvalue weighted by Crippen LogP contribution is 2.26. The lowest BCUT2D eigenvalue weighted by Gasteiger charge is -2.27. The number of nitrogens with zero attached hydrogens (tertiary/aromatic N) is 1. The second-order valence-corrected chi connectivity index (χ2v) is 5.96. The van der Waals surface area contributed by atoms with Crippen molar-refractivity contribution < 1.29 is 9.90 Å². The molecule has 110 valence electrons. The topological polar surface area (TPSA) is 52.6 Å². The normalized spacial score (nSPS) is 19.9. The van der Waals surface area contributed by atoms with Gasteiger partial charge in [-0.1, -0.05) is 41.1 Å². The van der Waals surface area contributed by atoms with Gasteiger partial charge in [-0.25, -0.2) is 4.79 Å². The quantitative estimate of drug-likeness (QED) is 0.884. The second-order valence-electron chi connectivity index (χ2n) is 5.10. The van der Waals surface area contributed by atoms with Crippen molar-refractivity contribution in [2.45, 2.75) is 38.3 Å². The van der Waals surface area contributed by atoms with Gasteiger partial charge >= 0.3 is 6.03 Å². The van der Waals surface area contributed by atoms with Gasteiger partial charge in [0.05, 0.1) is 18.7 Å². The van der Waals surface area contributed by atoms with Crippen molar-refractivity contribution in [2.75, 3.05) is 13.2 Å². The van der Waals surface area contributed by atoms with Crippen LogP contribution in [0, 0.1) is 0 Å². The van der Waals surface area contributed by atoms with Gasteiger partial charge < -0.3 is 15.3 Å². The lowest BCUT2D eigenvalue weighted by molar-refractivity contribution is 0.154. The molecule has 1 aliphatic rings. The fraction of sp³-hybridized carbons (Fsp3) is 0.533. The highest BCUT2D eigenvalue weighted by Gasteiger charge is 2.29. The standard InChI is InChI=1S/C15H21BrN2O2/c1-2-14(12-7-3-4-8-13(12)16)17-15(20)18-9-5-6-11(18)10-19/h3-4,7-8,11,14,19H,2,5-6,9-10H2,1H3,(H,17,20)/t11-,14?/m0/s1. The molecule has 1 fully saturated rings. The number of hydrogen-bond acceptors (Lipinski definition) is 2. The molecule has 2 amide bonds. The summed E-state index contributed by atoms with van der Waals surface area (Å²) in [5.74, 6) is 0. The molecule has 0 saturated carbocycles. The van der Waals surface area contributed by atoms with Crippen molar-refractivity contribution in [3.05, 3.63) is 34.3 Å². The third-order valence-corrected chi connectivity index (χ3v) is 4.56. The Labute approximate surface area is 128 Å². The van der Waals surface area contributed by atoms with E-state index in [4.69, 9.17) is 0 Å². The van der Waals surface area contributed by atoms with Crippen LogP contribution in [0.2, 0.25) is 0 Å². The molecule has 1 aromatic rings. The number of rotatable bonds is 4. The summed E-state index contributed by atoms with van der Waals surface area (Å²) in [6, 6.07) is 7.81. The molecule has 1 aromatic carbocycles. The number of benzene rings is 1. The molecule has 0 aromatic heterocycles. The van der Waals surface area contributed by atoms with E-state index in [2.05, 4.69) is 28.2 Å². The summed E-state index contributed by atoms with van der Waals surface area (Å²) in [5.41, 5.74) is 1.09. The zero-order valence-electron chi connectivity index (χ0n) is 11.7. The molecule has 0 bridgehead atoms. The van der Waals surface area contributed by atoms with E-state index in [1.54, 1.807) is 4.90 Å². The molecule has 2 atom stereocenters. The van der Waals surface area contributed by atoms with Crippen LogP contribution in [0.25, 0.3) is 0 Å². The van der Waals surface area contributed by atoms with Crippen LogP contribution in [0.5, 0.6) is 0 Å². The van der Waals surface area contributed by atoms with Gasteiger partial charge in [-0.15, -0.1) is 0 Å². The first-order valence-electron chi connectivity index (χ1n) is 7.09. The SMILES string of the molecule is CCC(NC(=O)N1CCC[C@H]1CO)c1ccccc1Br. The molecule has 5 heteroatoms. The van der Waals surface area contributed by atoms with Gasteiger partial charge in [0.15, 0.2) is 0 Å². The minimum Gasteiger partial charge on any atom is -0.394 e. The summed E-state index contributed by atoms with van der Waals surface area (Å²) in [6.07, 6.45) is 2.67. The number of likely N-dealkylation sites (tertiary alicyclic amines) is 1. The van der Waals surface area contributed by atoms with E-state index in [0.717, 1.165) is 35.8 Å². The summed E-state index contributed by atoms with van der Waals surface area (Å²) >= 11 is 3.53. The Kier molecular flexibility index (Phi) is 5.43. The predicted octanol–water partition coefficient (Wildman–Crippen LogP) is 3.07. The van der Waals surface area contributed by atoms with E-state index < -0.39 is 0 Å². The third kappa shape index (κ3) is 3.33. The zero-order chi connectivity index (χ0) is 14.5. The number of aliphatic hydroxyl groups excluding tert-OH is 1. The van der Waals surface area contributed by atoms with Gasteiger partial charge in [-0.05, 0) is 30.9 Å². The fourth-order valence-electron chi connectivity index (χ4n) is 2.68. The Morgan fingerprint density at radius 2 is 2.30 bits per heavy atom. The second kappa shape index (κ2) is 7.09. The molecule has 2 rings (SSSR count). The number of carbonyl (C=O) groups is 1. The first-order chi connectivity index (χ1) is 9.67. The van der Waals surface area contributed by atoms with Gasteiger partial charge in [-0.3, -0.25) is 0 Å². The van der Waals surface area contributed by atoms with Crippen molar-refractivity contribution in [1.29, 1.82) is 0 Å². The molecule has 1 saturated heterocycles. The summed E-state index contributed by atoms with van der Waals surface area (Å²) < 4.78 is 1.01. The Morgan fingerprint density at radius 1 is 1.55 bits per heavy atom. The van der Waals surface area contributed by atoms with Crippen molar-refractivity contribution in [3.8, 4) is 0 Å².